The number of nitrogens with zero attached hydrogens (tertiary/aromatic N) is 2. The summed E-state index contributed by atoms with van der Waals surface area (Å²) in [5, 5.41) is 15.1. The van der Waals surface area contributed by atoms with Crippen molar-refractivity contribution in [2.45, 2.75) is 27.7 Å². The molecule has 7 nitrogen and oxygen atoms in total. The summed E-state index contributed by atoms with van der Waals surface area (Å²) in [7, 11) is 5.78. The first-order valence-corrected chi connectivity index (χ1v) is 14.2. The molecule has 2 amide bonds. The molecule has 4 fully saturated rings. The van der Waals surface area contributed by atoms with Crippen LogP contribution in [0.1, 0.15) is 17.5 Å². The van der Waals surface area contributed by atoms with E-state index in [0.717, 1.165) is 27.7 Å². The minimum atomic E-state index is -1.33. The van der Waals surface area contributed by atoms with Crippen molar-refractivity contribution in [1.29, 1.82) is 0 Å². The first kappa shape index (κ1) is 20.1. The van der Waals surface area contributed by atoms with Crippen molar-refractivity contribution < 1.29 is 14.7 Å². The van der Waals surface area contributed by atoms with E-state index in [9.17, 15) is 14.7 Å². The van der Waals surface area contributed by atoms with Gasteiger partial charge in [-0.25, -0.2) is 0 Å². The van der Waals surface area contributed by atoms with Crippen molar-refractivity contribution >= 4 is 59.8 Å². The zero-order valence-electron chi connectivity index (χ0n) is 17.6. The second kappa shape index (κ2) is 6.44. The van der Waals surface area contributed by atoms with E-state index in [1.807, 2.05) is 42.6 Å². The second-order valence-electron chi connectivity index (χ2n) is 8.99. The monoisotopic (exact) mass is 496 g/mol. The van der Waals surface area contributed by atoms with Crippen molar-refractivity contribution in [2.24, 2.45) is 0 Å². The number of nitrogens with one attached hydrogen (secondary N) is 2. The normalized spacial score (nSPS) is 34.3. The third-order valence-electron chi connectivity index (χ3n) is 7.69. The van der Waals surface area contributed by atoms with Gasteiger partial charge in [0.25, 0.3) is 11.8 Å². The lowest BCUT2D eigenvalue weighted by Gasteiger charge is -2.50. The van der Waals surface area contributed by atoms with E-state index in [0.29, 0.717) is 6.42 Å². The highest BCUT2D eigenvalue weighted by atomic mass is 33.5. The number of amides is 2. The molecule has 5 aliphatic rings. The lowest BCUT2D eigenvalue weighted by molar-refractivity contribution is -0.165. The molecule has 3 N–H and O–H groups in total. The molecule has 0 unspecified atom stereocenters. The fourth-order valence-corrected chi connectivity index (χ4v) is 12.0. The number of piperazine rings is 1. The van der Waals surface area contributed by atoms with Crippen LogP contribution in [0.5, 0.6) is 0 Å². The van der Waals surface area contributed by atoms with Crippen LogP contribution in [0.25, 0.3) is 10.9 Å². The minimum absolute atomic E-state index is 0.133. The Bertz CT molecular complexity index is 1360. The van der Waals surface area contributed by atoms with Crippen molar-refractivity contribution in [1.82, 2.24) is 14.8 Å². The number of aliphatic hydroxyl groups is 1. The summed E-state index contributed by atoms with van der Waals surface area (Å²) in [6.07, 6.45) is 2.03. The molecule has 0 radical (unpaired) electrons. The maximum atomic E-state index is 14.1. The zero-order valence-corrected chi connectivity index (χ0v) is 20.0. The van der Waals surface area contributed by atoms with Gasteiger partial charge in [0.15, 0.2) is 4.87 Å². The van der Waals surface area contributed by atoms with Crippen LogP contribution < -0.4 is 5.32 Å². The summed E-state index contributed by atoms with van der Waals surface area (Å²) in [6.45, 7) is -0.432. The Balaban J connectivity index is 1.55. The summed E-state index contributed by atoms with van der Waals surface area (Å²) in [6, 6.07) is 16.3. The van der Waals surface area contributed by atoms with Gasteiger partial charge in [0.05, 0.1) is 12.0 Å². The average Bonchev–Trinajstić information content (AvgIpc) is 3.43. The number of likely N-dealkylation sites (N-methyl/N-ethyl adjacent to an activating group) is 1. The third kappa shape index (κ3) is 2.12. The van der Waals surface area contributed by atoms with Gasteiger partial charge in [0, 0.05) is 36.3 Å². The number of hydrogen-bond donors (Lipinski definition) is 3. The quantitative estimate of drug-likeness (QED) is 0.469. The van der Waals surface area contributed by atoms with Crippen molar-refractivity contribution in [3.05, 3.63) is 65.9 Å². The largest absolute Gasteiger partial charge is 0.392 e. The number of carbonyl (C=O) groups excluding carboxylic acids is 2. The Morgan fingerprint density at radius 2 is 1.85 bits per heavy atom. The minimum Gasteiger partial charge on any atom is -0.392 e. The molecule has 8 rings (SSSR count). The van der Waals surface area contributed by atoms with Gasteiger partial charge in [0.2, 0.25) is 4.87 Å². The number of H-pyrrole nitrogens is 1. The van der Waals surface area contributed by atoms with Crippen molar-refractivity contribution in [3.8, 4) is 0 Å². The molecule has 1 aromatic heterocycles. The SMILES string of the molecule is CN1C(=O)[C@@]23C[C@@]4(c5c[nH]c6ccccc56)c5ccccc5N[C@@H]4N2C(=O)[C@]1(CO)SSS3. The molecular formula is C23H20N4O3S3. The number of benzene rings is 2. The smallest absolute Gasteiger partial charge is 0.265 e. The van der Waals surface area contributed by atoms with E-state index in [1.54, 1.807) is 11.9 Å². The third-order valence-corrected chi connectivity index (χ3v) is 12.8. The highest BCUT2D eigenvalue weighted by Gasteiger charge is 2.76. The van der Waals surface area contributed by atoms with Crippen LogP contribution in [-0.4, -0.2) is 61.3 Å². The Morgan fingerprint density at radius 1 is 1.06 bits per heavy atom. The van der Waals surface area contributed by atoms with Crippen LogP contribution in [0.2, 0.25) is 0 Å². The van der Waals surface area contributed by atoms with Gasteiger partial charge in [0.1, 0.15) is 6.17 Å². The average molecular weight is 497 g/mol. The first-order chi connectivity index (χ1) is 16.0. The standard InChI is InChI=1S/C23H20N4O3S3/c1-26-19(29)22-11-21(15-10-24-16-8-4-2-6-13(15)16)14-7-3-5-9-17(14)25-18(21)27(22)20(30)23(26,12-28)32-33-31-22/h2-10,18,24-25,28H,11-12H2,1H3/t18-,21+,22+,23+/m1/s1. The number of hydrogen-bond acceptors (Lipinski definition) is 7. The molecule has 10 heteroatoms. The Hall–Kier alpha value is -2.27. The van der Waals surface area contributed by atoms with E-state index in [2.05, 4.69) is 22.4 Å². The van der Waals surface area contributed by atoms with Gasteiger partial charge in [-0.3, -0.25) is 14.5 Å². The Morgan fingerprint density at radius 3 is 2.70 bits per heavy atom. The maximum Gasteiger partial charge on any atom is 0.265 e. The number of aromatic nitrogens is 1. The molecule has 5 aliphatic heterocycles. The van der Waals surface area contributed by atoms with Gasteiger partial charge in [-0.2, -0.15) is 0 Å². The highest BCUT2D eigenvalue weighted by Crippen LogP contribution is 2.69. The topological polar surface area (TPSA) is 88.7 Å². The predicted molar refractivity (Wildman–Crippen MR) is 132 cm³/mol. The molecule has 0 saturated carbocycles. The lowest BCUT2D eigenvalue weighted by Crippen LogP contribution is -2.73. The van der Waals surface area contributed by atoms with Gasteiger partial charge >= 0.3 is 0 Å². The van der Waals surface area contributed by atoms with E-state index in [1.165, 1.54) is 36.3 Å². The lowest BCUT2D eigenvalue weighted by atomic mass is 9.72. The van der Waals surface area contributed by atoms with Crippen LogP contribution >= 0.6 is 31.4 Å². The molecule has 6 heterocycles. The molecular weight excluding hydrogens is 476 g/mol. The van der Waals surface area contributed by atoms with Gasteiger partial charge < -0.3 is 20.3 Å². The van der Waals surface area contributed by atoms with Crippen LogP contribution in [0.3, 0.4) is 0 Å². The fourth-order valence-electron chi connectivity index (χ4n) is 6.14. The first-order valence-electron chi connectivity index (χ1n) is 10.7. The van der Waals surface area contributed by atoms with Gasteiger partial charge in [-0.05, 0) is 54.7 Å². The van der Waals surface area contributed by atoms with Gasteiger partial charge in [-0.1, -0.05) is 36.4 Å². The zero-order chi connectivity index (χ0) is 22.6. The van der Waals surface area contributed by atoms with Gasteiger partial charge in [-0.15, -0.1) is 0 Å². The van der Waals surface area contributed by atoms with E-state index < -0.39 is 27.9 Å². The number of para-hydroxylation sites is 2. The molecule has 33 heavy (non-hydrogen) atoms. The summed E-state index contributed by atoms with van der Waals surface area (Å²) < 4.78 is 0. The van der Waals surface area contributed by atoms with Crippen LogP contribution in [0, 0.1) is 0 Å². The summed E-state index contributed by atoms with van der Waals surface area (Å²) in [4.78, 5) is 32.3. The van der Waals surface area contributed by atoms with E-state index in [-0.39, 0.29) is 11.8 Å². The number of aromatic amines is 1. The molecule has 168 valence electrons. The van der Waals surface area contributed by atoms with Crippen molar-refractivity contribution in [2.75, 3.05) is 19.0 Å². The molecule has 1 spiro atoms. The number of aliphatic hydroxyl groups excluding tert-OH is 1. The maximum absolute atomic E-state index is 14.1. The summed E-state index contributed by atoms with van der Waals surface area (Å²) in [5.41, 5.74) is 3.53. The Labute approximate surface area is 201 Å². The summed E-state index contributed by atoms with van der Waals surface area (Å²) >= 11 is 0. The van der Waals surface area contributed by atoms with Crippen molar-refractivity contribution in [3.63, 3.8) is 0 Å². The fraction of sp³-hybridized carbons (Fsp3) is 0.304. The molecule has 4 atom stereocenters. The molecule has 2 bridgehead atoms. The number of fused-ring (bicyclic) bond motifs is 7. The highest BCUT2D eigenvalue weighted by molar-refractivity contribution is 9.10. The van der Waals surface area contributed by atoms with E-state index >= 15 is 0 Å². The van der Waals surface area contributed by atoms with Crippen LogP contribution in [0.15, 0.2) is 54.7 Å². The second-order valence-corrected chi connectivity index (χ2v) is 13.4. The molecule has 2 aromatic carbocycles. The number of rotatable bonds is 2. The predicted octanol–water partition coefficient (Wildman–Crippen LogP) is 3.34. The van der Waals surface area contributed by atoms with E-state index in [4.69, 9.17) is 0 Å². The molecule has 4 saturated heterocycles. The summed E-state index contributed by atoms with van der Waals surface area (Å²) in [5.74, 6) is -0.354. The number of anilines is 1. The molecule has 3 aromatic rings. The number of carbonyl (C=O) groups is 2. The Kier molecular flexibility index (Phi) is 3.93. The van der Waals surface area contributed by atoms with Crippen LogP contribution in [-0.2, 0) is 15.0 Å². The molecule has 0 aliphatic carbocycles. The van der Waals surface area contributed by atoms with Crippen LogP contribution in [0.4, 0.5) is 5.69 Å².